The molecule has 0 atom stereocenters. The maximum Gasteiger partial charge on any atom is 0.140 e. The summed E-state index contributed by atoms with van der Waals surface area (Å²) in [5.41, 5.74) is 7.29. The van der Waals surface area contributed by atoms with Crippen molar-refractivity contribution in [1.29, 1.82) is 0 Å². The smallest absolute Gasteiger partial charge is 0.140 e. The van der Waals surface area contributed by atoms with Crippen molar-refractivity contribution in [1.82, 2.24) is 0 Å². The largest absolute Gasteiger partial charge is 0.456 e. The Bertz CT molecular complexity index is 1100. The summed E-state index contributed by atoms with van der Waals surface area (Å²) >= 11 is 0. The second-order valence-electron chi connectivity index (χ2n) is 8.06. The van der Waals surface area contributed by atoms with Crippen LogP contribution in [0.25, 0.3) is 32.7 Å². The van der Waals surface area contributed by atoms with Crippen molar-refractivity contribution in [2.45, 2.75) is 47.0 Å². The van der Waals surface area contributed by atoms with Gasteiger partial charge in [-0.15, -0.1) is 0 Å². The van der Waals surface area contributed by atoms with E-state index in [1.54, 1.807) is 0 Å². The first kappa shape index (κ1) is 15.3. The lowest BCUT2D eigenvalue weighted by atomic mass is 9.80. The number of hydrogen-bond acceptors (Lipinski definition) is 1. The minimum atomic E-state index is 0.0309. The predicted octanol–water partition coefficient (Wildman–Crippen LogP) is 6.96. The van der Waals surface area contributed by atoms with Crippen LogP contribution in [0.5, 0.6) is 0 Å². The highest BCUT2D eigenvalue weighted by atomic mass is 16.3. The number of aryl methyl sites for hydroxylation is 3. The van der Waals surface area contributed by atoms with E-state index in [1.807, 2.05) is 0 Å². The molecule has 0 radical (unpaired) electrons. The zero-order chi connectivity index (χ0) is 17.2. The van der Waals surface area contributed by atoms with Crippen LogP contribution >= 0.6 is 0 Å². The van der Waals surface area contributed by atoms with E-state index in [0.717, 1.165) is 11.2 Å². The van der Waals surface area contributed by atoms with Crippen LogP contribution < -0.4 is 0 Å². The topological polar surface area (TPSA) is 13.1 Å². The molecule has 0 unspecified atom stereocenters. The molecule has 0 saturated carbocycles. The highest BCUT2D eigenvalue weighted by Gasteiger charge is 2.26. The molecule has 3 aromatic carbocycles. The summed E-state index contributed by atoms with van der Waals surface area (Å²) in [4.78, 5) is 0. The van der Waals surface area contributed by atoms with Gasteiger partial charge in [0.2, 0.25) is 0 Å². The first-order chi connectivity index (χ1) is 11.3. The first-order valence-corrected chi connectivity index (χ1v) is 8.64. The van der Waals surface area contributed by atoms with E-state index in [2.05, 4.69) is 77.9 Å². The zero-order valence-electron chi connectivity index (χ0n) is 15.4. The molecular weight excluding hydrogens is 292 g/mol. The van der Waals surface area contributed by atoms with Crippen molar-refractivity contribution in [3.05, 3.63) is 58.7 Å². The van der Waals surface area contributed by atoms with Gasteiger partial charge in [0, 0.05) is 16.3 Å². The van der Waals surface area contributed by atoms with Gasteiger partial charge < -0.3 is 4.42 Å². The van der Waals surface area contributed by atoms with Crippen molar-refractivity contribution in [2.24, 2.45) is 0 Å². The Labute approximate surface area is 143 Å². The molecule has 0 amide bonds. The average Bonchev–Trinajstić information content (AvgIpc) is 2.85. The van der Waals surface area contributed by atoms with Crippen molar-refractivity contribution >= 4 is 32.7 Å². The summed E-state index contributed by atoms with van der Waals surface area (Å²) in [5.74, 6) is 0. The summed E-state index contributed by atoms with van der Waals surface area (Å²) in [6, 6.07) is 13.1. The SMILES string of the molecule is Cc1cc(C)c2c(c1)oc1c(C(C)(C)C)c(C)c3ccccc3c12. The van der Waals surface area contributed by atoms with Crippen LogP contribution in [0, 0.1) is 20.8 Å². The molecule has 1 aromatic heterocycles. The van der Waals surface area contributed by atoms with Crippen LogP contribution in [0.4, 0.5) is 0 Å². The van der Waals surface area contributed by atoms with Crippen LogP contribution in [0.1, 0.15) is 43.0 Å². The van der Waals surface area contributed by atoms with E-state index in [1.165, 1.54) is 43.8 Å². The summed E-state index contributed by atoms with van der Waals surface area (Å²) in [6.45, 7) is 13.4. The van der Waals surface area contributed by atoms with Crippen LogP contribution in [-0.2, 0) is 5.41 Å². The number of benzene rings is 3. The lowest BCUT2D eigenvalue weighted by Crippen LogP contribution is -2.13. The van der Waals surface area contributed by atoms with Crippen LogP contribution in [0.2, 0.25) is 0 Å². The highest BCUT2D eigenvalue weighted by molar-refractivity contribution is 6.21. The number of rotatable bonds is 0. The Morgan fingerprint density at radius 1 is 0.833 bits per heavy atom. The van der Waals surface area contributed by atoms with E-state index in [9.17, 15) is 0 Å². The molecule has 0 bridgehead atoms. The van der Waals surface area contributed by atoms with Gasteiger partial charge in [-0.05, 0) is 59.7 Å². The fourth-order valence-electron chi connectivity index (χ4n) is 4.27. The van der Waals surface area contributed by atoms with Crippen LogP contribution in [0.15, 0.2) is 40.8 Å². The van der Waals surface area contributed by atoms with Gasteiger partial charge >= 0.3 is 0 Å². The van der Waals surface area contributed by atoms with Gasteiger partial charge in [0.1, 0.15) is 11.2 Å². The molecule has 24 heavy (non-hydrogen) atoms. The molecule has 0 N–H and O–H groups in total. The Balaban J connectivity index is 2.40. The minimum absolute atomic E-state index is 0.0309. The maximum atomic E-state index is 6.46. The average molecular weight is 316 g/mol. The van der Waals surface area contributed by atoms with Crippen molar-refractivity contribution < 1.29 is 4.42 Å². The Kier molecular flexibility index (Phi) is 3.09. The Morgan fingerprint density at radius 2 is 1.50 bits per heavy atom. The van der Waals surface area contributed by atoms with E-state index >= 15 is 0 Å². The highest BCUT2D eigenvalue weighted by Crippen LogP contribution is 2.44. The van der Waals surface area contributed by atoms with Gasteiger partial charge in [0.25, 0.3) is 0 Å². The van der Waals surface area contributed by atoms with Gasteiger partial charge in [-0.3, -0.25) is 0 Å². The van der Waals surface area contributed by atoms with Gasteiger partial charge in [0.15, 0.2) is 0 Å². The van der Waals surface area contributed by atoms with E-state index in [-0.39, 0.29) is 5.41 Å². The van der Waals surface area contributed by atoms with Gasteiger partial charge in [-0.25, -0.2) is 0 Å². The lowest BCUT2D eigenvalue weighted by Gasteiger charge is -2.23. The maximum absolute atomic E-state index is 6.46. The molecular formula is C23H24O. The first-order valence-electron chi connectivity index (χ1n) is 8.64. The Morgan fingerprint density at radius 3 is 2.17 bits per heavy atom. The minimum Gasteiger partial charge on any atom is -0.456 e. The zero-order valence-corrected chi connectivity index (χ0v) is 15.4. The summed E-state index contributed by atoms with van der Waals surface area (Å²) in [7, 11) is 0. The predicted molar refractivity (Wildman–Crippen MR) is 104 cm³/mol. The van der Waals surface area contributed by atoms with Crippen molar-refractivity contribution in [2.75, 3.05) is 0 Å². The van der Waals surface area contributed by atoms with Crippen LogP contribution in [0.3, 0.4) is 0 Å². The summed E-state index contributed by atoms with van der Waals surface area (Å²) in [6.07, 6.45) is 0. The molecule has 0 aliphatic rings. The quantitative estimate of drug-likeness (QED) is 0.341. The lowest BCUT2D eigenvalue weighted by molar-refractivity contribution is 0.570. The molecule has 4 rings (SSSR count). The molecule has 0 aliphatic carbocycles. The fourth-order valence-corrected chi connectivity index (χ4v) is 4.27. The molecule has 4 aromatic rings. The standard InChI is InChI=1S/C23H24O/c1-13-11-14(2)19-18(12-13)24-22-20(19)17-10-8-7-9-16(17)15(3)21(22)23(4,5)6/h7-12H,1-6H3. The number of hydrogen-bond donors (Lipinski definition) is 0. The molecule has 0 spiro atoms. The Hall–Kier alpha value is -2.28. The third kappa shape index (κ3) is 2.00. The molecule has 0 aliphatic heterocycles. The summed E-state index contributed by atoms with van der Waals surface area (Å²) < 4.78 is 6.46. The van der Waals surface area contributed by atoms with Crippen LogP contribution in [-0.4, -0.2) is 0 Å². The van der Waals surface area contributed by atoms with Gasteiger partial charge in [-0.1, -0.05) is 51.1 Å². The van der Waals surface area contributed by atoms with E-state index < -0.39 is 0 Å². The molecule has 0 saturated heterocycles. The fraction of sp³-hybridized carbons (Fsp3) is 0.304. The van der Waals surface area contributed by atoms with E-state index in [4.69, 9.17) is 4.42 Å². The monoisotopic (exact) mass is 316 g/mol. The molecule has 1 nitrogen and oxygen atoms in total. The second kappa shape index (κ2) is 4.86. The third-order valence-corrected chi connectivity index (χ3v) is 5.09. The third-order valence-electron chi connectivity index (χ3n) is 5.09. The number of fused-ring (bicyclic) bond motifs is 5. The molecule has 1 heteroatoms. The number of furan rings is 1. The van der Waals surface area contributed by atoms with Crippen molar-refractivity contribution in [3.63, 3.8) is 0 Å². The van der Waals surface area contributed by atoms with Gasteiger partial charge in [-0.2, -0.15) is 0 Å². The van der Waals surface area contributed by atoms with Gasteiger partial charge in [0.05, 0.1) is 0 Å². The van der Waals surface area contributed by atoms with Crippen molar-refractivity contribution in [3.8, 4) is 0 Å². The molecule has 122 valence electrons. The summed E-state index contributed by atoms with van der Waals surface area (Å²) in [5, 5.41) is 5.16. The van der Waals surface area contributed by atoms with E-state index in [0.29, 0.717) is 0 Å². The molecule has 1 heterocycles. The molecule has 0 fully saturated rings. The normalized spacial score (nSPS) is 12.6. The second-order valence-corrected chi connectivity index (χ2v) is 8.06.